The SMILES string of the molecule is CCOc1ccccc1C(=O)N1CCN(C(=O)C2CC2c2ccc(F)cc2)CC1. The van der Waals surface area contributed by atoms with Gasteiger partial charge < -0.3 is 14.5 Å². The summed E-state index contributed by atoms with van der Waals surface area (Å²) in [5, 5.41) is 0. The van der Waals surface area contributed by atoms with E-state index in [0.29, 0.717) is 44.1 Å². The van der Waals surface area contributed by atoms with Crippen molar-refractivity contribution >= 4 is 11.8 Å². The van der Waals surface area contributed by atoms with Crippen molar-refractivity contribution in [2.75, 3.05) is 32.8 Å². The van der Waals surface area contributed by atoms with Crippen LogP contribution < -0.4 is 4.74 Å². The first-order valence-corrected chi connectivity index (χ1v) is 10.1. The van der Waals surface area contributed by atoms with Gasteiger partial charge in [-0.2, -0.15) is 0 Å². The second-order valence-corrected chi connectivity index (χ2v) is 7.55. The van der Waals surface area contributed by atoms with Crippen molar-refractivity contribution in [2.24, 2.45) is 5.92 Å². The highest BCUT2D eigenvalue weighted by Gasteiger charge is 2.46. The lowest BCUT2D eigenvalue weighted by molar-refractivity contribution is -0.134. The molecule has 29 heavy (non-hydrogen) atoms. The van der Waals surface area contributed by atoms with Crippen molar-refractivity contribution in [3.8, 4) is 5.75 Å². The number of amides is 2. The van der Waals surface area contributed by atoms with E-state index in [9.17, 15) is 14.0 Å². The third-order valence-corrected chi connectivity index (χ3v) is 5.70. The van der Waals surface area contributed by atoms with Crippen LogP contribution in [0.2, 0.25) is 0 Å². The standard InChI is InChI=1S/C23H25FN2O3/c1-2-29-21-6-4-3-5-18(21)22(27)25-11-13-26(14-12-25)23(28)20-15-19(20)16-7-9-17(24)10-8-16/h3-10,19-20H,2,11-15H2,1H3. The summed E-state index contributed by atoms with van der Waals surface area (Å²) < 4.78 is 18.7. The lowest BCUT2D eigenvalue weighted by atomic mass is 10.1. The zero-order valence-corrected chi connectivity index (χ0v) is 16.5. The normalized spacial score (nSPS) is 21.0. The molecule has 2 aliphatic rings. The number of piperazine rings is 1. The second kappa shape index (κ2) is 8.23. The van der Waals surface area contributed by atoms with Crippen LogP contribution in [0.1, 0.15) is 35.2 Å². The molecular weight excluding hydrogens is 371 g/mol. The van der Waals surface area contributed by atoms with Gasteiger partial charge in [-0.1, -0.05) is 24.3 Å². The third kappa shape index (κ3) is 4.11. The minimum absolute atomic E-state index is 0.0265. The first-order valence-electron chi connectivity index (χ1n) is 10.1. The van der Waals surface area contributed by atoms with E-state index in [4.69, 9.17) is 4.74 Å². The Hall–Kier alpha value is -2.89. The number of hydrogen-bond donors (Lipinski definition) is 0. The summed E-state index contributed by atoms with van der Waals surface area (Å²) in [4.78, 5) is 29.4. The van der Waals surface area contributed by atoms with Crippen molar-refractivity contribution in [3.63, 3.8) is 0 Å². The Morgan fingerprint density at radius 1 is 1.00 bits per heavy atom. The minimum atomic E-state index is -0.260. The Bertz CT molecular complexity index is 891. The number of ether oxygens (including phenoxy) is 1. The molecule has 0 radical (unpaired) electrons. The van der Waals surface area contributed by atoms with E-state index in [1.54, 1.807) is 29.2 Å². The number of para-hydroxylation sites is 1. The van der Waals surface area contributed by atoms with Gasteiger partial charge >= 0.3 is 0 Å². The molecule has 2 fully saturated rings. The van der Waals surface area contributed by atoms with E-state index < -0.39 is 0 Å². The molecule has 2 aromatic carbocycles. The average Bonchev–Trinajstić information content (AvgIpc) is 3.55. The van der Waals surface area contributed by atoms with Gasteiger partial charge in [0.15, 0.2) is 0 Å². The van der Waals surface area contributed by atoms with Crippen LogP contribution in [0.4, 0.5) is 4.39 Å². The van der Waals surface area contributed by atoms with Crippen molar-refractivity contribution < 1.29 is 18.7 Å². The van der Waals surface area contributed by atoms with Crippen molar-refractivity contribution in [1.82, 2.24) is 9.80 Å². The number of halogens is 1. The number of carbonyl (C=O) groups excluding carboxylic acids is 2. The molecule has 4 rings (SSSR count). The van der Waals surface area contributed by atoms with E-state index >= 15 is 0 Å². The fourth-order valence-electron chi connectivity index (χ4n) is 4.01. The predicted molar refractivity (Wildman–Crippen MR) is 107 cm³/mol. The van der Waals surface area contributed by atoms with E-state index in [2.05, 4.69) is 0 Å². The first kappa shape index (κ1) is 19.4. The summed E-state index contributed by atoms with van der Waals surface area (Å²) in [7, 11) is 0. The molecule has 6 heteroatoms. The van der Waals surface area contributed by atoms with Crippen LogP contribution in [0, 0.1) is 11.7 Å². The van der Waals surface area contributed by atoms with Crippen LogP contribution in [-0.4, -0.2) is 54.4 Å². The average molecular weight is 396 g/mol. The summed E-state index contributed by atoms with van der Waals surface area (Å²) >= 11 is 0. The maximum absolute atomic E-state index is 13.1. The van der Waals surface area contributed by atoms with Gasteiger partial charge in [-0.05, 0) is 49.1 Å². The highest BCUT2D eigenvalue weighted by Crippen LogP contribution is 2.48. The summed E-state index contributed by atoms with van der Waals surface area (Å²) in [6.45, 7) is 4.49. The highest BCUT2D eigenvalue weighted by molar-refractivity contribution is 5.97. The Kier molecular flexibility index (Phi) is 5.51. The Labute approximate surface area is 170 Å². The summed E-state index contributed by atoms with van der Waals surface area (Å²) in [6.07, 6.45) is 0.811. The van der Waals surface area contributed by atoms with Crippen LogP contribution in [0.5, 0.6) is 5.75 Å². The molecular formula is C23H25FN2O3. The Morgan fingerprint density at radius 3 is 2.34 bits per heavy atom. The number of nitrogens with zero attached hydrogens (tertiary/aromatic N) is 2. The molecule has 0 aromatic heterocycles. The molecule has 2 unspecified atom stereocenters. The summed E-state index contributed by atoms with van der Waals surface area (Å²) in [5.74, 6) is 0.572. The summed E-state index contributed by atoms with van der Waals surface area (Å²) in [6, 6.07) is 13.7. The van der Waals surface area contributed by atoms with Gasteiger partial charge in [0.1, 0.15) is 11.6 Å². The quantitative estimate of drug-likeness (QED) is 0.779. The molecule has 0 bridgehead atoms. The molecule has 1 heterocycles. The molecule has 1 aliphatic heterocycles. The monoisotopic (exact) mass is 396 g/mol. The molecule has 2 aromatic rings. The van der Waals surface area contributed by atoms with Gasteiger partial charge in [0, 0.05) is 32.1 Å². The number of rotatable bonds is 5. The van der Waals surface area contributed by atoms with Gasteiger partial charge in [0.05, 0.1) is 12.2 Å². The van der Waals surface area contributed by atoms with Crippen molar-refractivity contribution in [1.29, 1.82) is 0 Å². The van der Waals surface area contributed by atoms with E-state index in [0.717, 1.165) is 12.0 Å². The molecule has 1 aliphatic carbocycles. The molecule has 5 nitrogen and oxygen atoms in total. The van der Waals surface area contributed by atoms with E-state index in [1.807, 2.05) is 24.0 Å². The lowest BCUT2D eigenvalue weighted by Crippen LogP contribution is -2.51. The molecule has 152 valence electrons. The van der Waals surface area contributed by atoms with Gasteiger partial charge in [-0.25, -0.2) is 4.39 Å². The van der Waals surface area contributed by atoms with Crippen LogP contribution in [0.25, 0.3) is 0 Å². The zero-order valence-electron chi connectivity index (χ0n) is 16.5. The molecule has 2 amide bonds. The fourth-order valence-corrected chi connectivity index (χ4v) is 4.01. The topological polar surface area (TPSA) is 49.9 Å². The van der Waals surface area contributed by atoms with Crippen LogP contribution in [0.15, 0.2) is 48.5 Å². The van der Waals surface area contributed by atoms with Crippen LogP contribution in [-0.2, 0) is 4.79 Å². The Morgan fingerprint density at radius 2 is 1.66 bits per heavy atom. The van der Waals surface area contributed by atoms with E-state index in [-0.39, 0.29) is 29.5 Å². The number of benzene rings is 2. The third-order valence-electron chi connectivity index (χ3n) is 5.70. The zero-order chi connectivity index (χ0) is 20.4. The maximum Gasteiger partial charge on any atom is 0.257 e. The largest absolute Gasteiger partial charge is 0.493 e. The number of carbonyl (C=O) groups is 2. The van der Waals surface area contributed by atoms with Crippen molar-refractivity contribution in [2.45, 2.75) is 19.3 Å². The van der Waals surface area contributed by atoms with Gasteiger partial charge in [0.25, 0.3) is 5.91 Å². The molecule has 0 spiro atoms. The van der Waals surface area contributed by atoms with Crippen LogP contribution in [0.3, 0.4) is 0 Å². The van der Waals surface area contributed by atoms with Crippen molar-refractivity contribution in [3.05, 3.63) is 65.5 Å². The fraction of sp³-hybridized carbons (Fsp3) is 0.391. The van der Waals surface area contributed by atoms with Gasteiger partial charge in [-0.3, -0.25) is 9.59 Å². The lowest BCUT2D eigenvalue weighted by Gasteiger charge is -2.35. The van der Waals surface area contributed by atoms with Crippen LogP contribution >= 0.6 is 0 Å². The molecule has 2 atom stereocenters. The smallest absolute Gasteiger partial charge is 0.257 e. The second-order valence-electron chi connectivity index (χ2n) is 7.55. The van der Waals surface area contributed by atoms with Gasteiger partial charge in [0.2, 0.25) is 5.91 Å². The van der Waals surface area contributed by atoms with E-state index in [1.165, 1.54) is 12.1 Å². The summed E-state index contributed by atoms with van der Waals surface area (Å²) in [5.41, 5.74) is 1.58. The molecule has 0 N–H and O–H groups in total. The number of hydrogen-bond acceptors (Lipinski definition) is 3. The Balaban J connectivity index is 1.33. The molecule has 1 saturated carbocycles. The first-order chi connectivity index (χ1) is 14.1. The highest BCUT2D eigenvalue weighted by atomic mass is 19.1. The maximum atomic E-state index is 13.1. The van der Waals surface area contributed by atoms with Gasteiger partial charge in [-0.15, -0.1) is 0 Å². The predicted octanol–water partition coefficient (Wildman–Crippen LogP) is 3.31. The molecule has 1 saturated heterocycles. The minimum Gasteiger partial charge on any atom is -0.493 e.